The molecule has 0 fully saturated rings. The maximum absolute atomic E-state index is 11.3. The Bertz CT molecular complexity index is 433. The second-order valence-electron chi connectivity index (χ2n) is 3.45. The number of nitro groups is 1. The van der Waals surface area contributed by atoms with Gasteiger partial charge in [-0.25, -0.2) is 0 Å². The summed E-state index contributed by atoms with van der Waals surface area (Å²) in [4.78, 5) is 21.5. The maximum atomic E-state index is 11.3. The molecule has 0 atom stereocenters. The van der Waals surface area contributed by atoms with Crippen molar-refractivity contribution in [1.82, 2.24) is 0 Å². The fourth-order valence-corrected chi connectivity index (χ4v) is 1.61. The third-order valence-electron chi connectivity index (χ3n) is 2.04. The van der Waals surface area contributed by atoms with Crippen LogP contribution in [-0.2, 0) is 4.79 Å². The third kappa shape index (κ3) is 4.14. The Morgan fingerprint density at radius 1 is 1.53 bits per heavy atom. The molecule has 0 aliphatic rings. The molecule has 0 N–H and O–H groups in total. The van der Waals surface area contributed by atoms with Crippen molar-refractivity contribution < 1.29 is 14.5 Å². The van der Waals surface area contributed by atoms with E-state index in [1.807, 2.05) is 6.92 Å². The first kappa shape index (κ1) is 13.6. The number of Topliss-reactive ketones (excluding diaryl/α,β-unsaturated/α-hetero) is 1. The summed E-state index contributed by atoms with van der Waals surface area (Å²) in [5, 5.41) is 10.8. The molecule has 0 amide bonds. The van der Waals surface area contributed by atoms with Gasteiger partial charge in [0.1, 0.15) is 6.61 Å². The normalized spacial score (nSPS) is 10.0. The number of halogens is 1. The molecule has 0 aliphatic heterocycles. The van der Waals surface area contributed by atoms with Crippen molar-refractivity contribution in [1.29, 1.82) is 0 Å². The van der Waals surface area contributed by atoms with Crippen molar-refractivity contribution in [3.63, 3.8) is 0 Å². The topological polar surface area (TPSA) is 69.4 Å². The number of hydrogen-bond donors (Lipinski definition) is 0. The van der Waals surface area contributed by atoms with Gasteiger partial charge in [0.25, 0.3) is 0 Å². The quantitative estimate of drug-likeness (QED) is 0.598. The molecule has 0 aliphatic carbocycles. The number of ketones is 1. The molecular formula is C11H12BrNO4. The number of nitro benzene ring substituents is 1. The van der Waals surface area contributed by atoms with E-state index in [9.17, 15) is 14.9 Å². The van der Waals surface area contributed by atoms with Crippen LogP contribution in [0.3, 0.4) is 0 Å². The first-order valence-electron chi connectivity index (χ1n) is 5.13. The van der Waals surface area contributed by atoms with E-state index in [-0.39, 0.29) is 23.8 Å². The van der Waals surface area contributed by atoms with Gasteiger partial charge in [0.05, 0.1) is 4.92 Å². The van der Waals surface area contributed by atoms with Crippen LogP contribution in [0, 0.1) is 10.1 Å². The number of benzene rings is 1. The first-order valence-corrected chi connectivity index (χ1v) is 5.92. The second-order valence-corrected chi connectivity index (χ2v) is 4.36. The van der Waals surface area contributed by atoms with Crippen LogP contribution in [0.2, 0.25) is 0 Å². The van der Waals surface area contributed by atoms with Crippen LogP contribution in [-0.4, -0.2) is 17.3 Å². The average molecular weight is 302 g/mol. The Labute approximate surface area is 107 Å². The summed E-state index contributed by atoms with van der Waals surface area (Å²) in [5.74, 6) is 0.0485. The van der Waals surface area contributed by atoms with Crippen molar-refractivity contribution in [3.05, 3.63) is 32.8 Å². The number of carbonyl (C=O) groups excluding carboxylic acids is 1. The summed E-state index contributed by atoms with van der Waals surface area (Å²) in [5.41, 5.74) is -0.149. The maximum Gasteiger partial charge on any atom is 0.312 e. The first-order chi connectivity index (χ1) is 8.04. The van der Waals surface area contributed by atoms with Crippen molar-refractivity contribution in [2.24, 2.45) is 0 Å². The lowest BCUT2D eigenvalue weighted by Gasteiger charge is -2.05. The van der Waals surface area contributed by atoms with Crippen molar-refractivity contribution in [2.45, 2.75) is 19.8 Å². The molecule has 6 heteroatoms. The predicted molar refractivity (Wildman–Crippen MR) is 66.2 cm³/mol. The Hall–Kier alpha value is -1.43. The minimum Gasteiger partial charge on any atom is -0.479 e. The summed E-state index contributed by atoms with van der Waals surface area (Å²) in [6.07, 6.45) is 1.16. The van der Waals surface area contributed by atoms with Gasteiger partial charge in [-0.2, -0.15) is 0 Å². The molecule has 5 nitrogen and oxygen atoms in total. The zero-order valence-corrected chi connectivity index (χ0v) is 10.9. The van der Waals surface area contributed by atoms with E-state index in [4.69, 9.17) is 4.74 Å². The largest absolute Gasteiger partial charge is 0.479 e. The molecule has 0 spiro atoms. The third-order valence-corrected chi connectivity index (χ3v) is 2.53. The molecule has 0 unspecified atom stereocenters. The van der Waals surface area contributed by atoms with Gasteiger partial charge in [0.15, 0.2) is 11.5 Å². The molecule has 1 rings (SSSR count). The average Bonchev–Trinajstić information content (AvgIpc) is 2.27. The highest BCUT2D eigenvalue weighted by Crippen LogP contribution is 2.29. The van der Waals surface area contributed by atoms with Crippen molar-refractivity contribution in [2.75, 3.05) is 6.61 Å². The Balaban J connectivity index is 2.77. The molecule has 17 heavy (non-hydrogen) atoms. The van der Waals surface area contributed by atoms with Crippen molar-refractivity contribution in [3.8, 4) is 5.75 Å². The van der Waals surface area contributed by atoms with E-state index in [1.165, 1.54) is 12.1 Å². The van der Waals surface area contributed by atoms with E-state index < -0.39 is 4.92 Å². The molecule has 0 radical (unpaired) electrons. The highest BCUT2D eigenvalue weighted by Gasteiger charge is 2.16. The van der Waals surface area contributed by atoms with Crippen LogP contribution in [0.1, 0.15) is 19.8 Å². The summed E-state index contributed by atoms with van der Waals surface area (Å²) in [7, 11) is 0. The molecule has 1 aromatic carbocycles. The van der Waals surface area contributed by atoms with Gasteiger partial charge in [-0.15, -0.1) is 0 Å². The number of hydrogen-bond acceptors (Lipinski definition) is 4. The van der Waals surface area contributed by atoms with Crippen LogP contribution < -0.4 is 4.74 Å². The fraction of sp³-hybridized carbons (Fsp3) is 0.364. The number of carbonyl (C=O) groups is 1. The monoisotopic (exact) mass is 301 g/mol. The molecule has 0 heterocycles. The highest BCUT2D eigenvalue weighted by molar-refractivity contribution is 9.10. The second kappa shape index (κ2) is 6.34. The van der Waals surface area contributed by atoms with Gasteiger partial charge >= 0.3 is 5.69 Å². The highest BCUT2D eigenvalue weighted by atomic mass is 79.9. The number of nitrogens with zero attached hydrogens (tertiary/aromatic N) is 1. The van der Waals surface area contributed by atoms with Gasteiger partial charge < -0.3 is 4.74 Å². The Morgan fingerprint density at radius 3 is 2.82 bits per heavy atom. The van der Waals surface area contributed by atoms with Crippen LogP contribution in [0.4, 0.5) is 5.69 Å². The Kier molecular flexibility index (Phi) is 5.09. The molecule has 92 valence electrons. The number of ether oxygens (including phenoxy) is 1. The summed E-state index contributed by atoms with van der Waals surface area (Å²) < 4.78 is 5.75. The SMILES string of the molecule is CCCC(=O)COc1ccc(Br)cc1[N+](=O)[O-]. The van der Waals surface area contributed by atoms with Gasteiger partial charge in [-0.3, -0.25) is 14.9 Å². The summed E-state index contributed by atoms with van der Waals surface area (Å²) in [6, 6.07) is 4.45. The molecule has 1 aromatic rings. The minimum atomic E-state index is -0.537. The lowest BCUT2D eigenvalue weighted by atomic mass is 10.2. The lowest BCUT2D eigenvalue weighted by Crippen LogP contribution is -2.11. The lowest BCUT2D eigenvalue weighted by molar-refractivity contribution is -0.385. The minimum absolute atomic E-state index is 0.0651. The van der Waals surface area contributed by atoms with E-state index in [0.29, 0.717) is 10.9 Å². The molecule has 0 saturated heterocycles. The van der Waals surface area contributed by atoms with Crippen LogP contribution >= 0.6 is 15.9 Å². The molecule has 0 bridgehead atoms. The van der Waals surface area contributed by atoms with Crippen LogP contribution in [0.25, 0.3) is 0 Å². The molecule has 0 saturated carbocycles. The standard InChI is InChI=1S/C11H12BrNO4/c1-2-3-9(14)7-17-11-5-4-8(12)6-10(11)13(15)16/h4-6H,2-3,7H2,1H3. The smallest absolute Gasteiger partial charge is 0.312 e. The summed E-state index contributed by atoms with van der Waals surface area (Å²) in [6.45, 7) is 1.76. The fourth-order valence-electron chi connectivity index (χ4n) is 1.26. The van der Waals surface area contributed by atoms with Crippen LogP contribution in [0.5, 0.6) is 5.75 Å². The van der Waals surface area contributed by atoms with E-state index >= 15 is 0 Å². The van der Waals surface area contributed by atoms with Gasteiger partial charge in [-0.1, -0.05) is 22.9 Å². The van der Waals surface area contributed by atoms with E-state index in [1.54, 1.807) is 6.07 Å². The van der Waals surface area contributed by atoms with E-state index in [0.717, 1.165) is 6.42 Å². The summed E-state index contributed by atoms with van der Waals surface area (Å²) >= 11 is 3.14. The Morgan fingerprint density at radius 2 is 2.24 bits per heavy atom. The molecule has 0 aromatic heterocycles. The molecular weight excluding hydrogens is 290 g/mol. The van der Waals surface area contributed by atoms with Crippen molar-refractivity contribution >= 4 is 27.4 Å². The zero-order valence-electron chi connectivity index (χ0n) is 9.31. The van der Waals surface area contributed by atoms with Gasteiger partial charge in [0.2, 0.25) is 0 Å². The zero-order chi connectivity index (χ0) is 12.8. The predicted octanol–water partition coefficient (Wildman–Crippen LogP) is 3.11. The number of rotatable bonds is 6. The van der Waals surface area contributed by atoms with Crippen LogP contribution in [0.15, 0.2) is 22.7 Å². The van der Waals surface area contributed by atoms with Gasteiger partial charge in [-0.05, 0) is 18.6 Å². The van der Waals surface area contributed by atoms with Gasteiger partial charge in [0, 0.05) is 17.0 Å². The van der Waals surface area contributed by atoms with E-state index in [2.05, 4.69) is 15.9 Å².